The van der Waals surface area contributed by atoms with Crippen LogP contribution in [0.4, 0.5) is 5.82 Å². The van der Waals surface area contributed by atoms with E-state index in [1.54, 1.807) is 16.0 Å². The lowest BCUT2D eigenvalue weighted by Crippen LogP contribution is -2.24. The molecular formula is C27H22N4O2S. The van der Waals surface area contributed by atoms with Gasteiger partial charge in [-0.3, -0.25) is 4.79 Å². The van der Waals surface area contributed by atoms with Gasteiger partial charge in [0.05, 0.1) is 15.9 Å². The fourth-order valence-corrected chi connectivity index (χ4v) is 5.38. The molecule has 1 aliphatic rings. The van der Waals surface area contributed by atoms with Gasteiger partial charge in [0.2, 0.25) is 11.0 Å². The third-order valence-corrected chi connectivity index (χ3v) is 7.11. The standard InChI is InChI=1S/C27H22N4O2S/c1-17-25-21(19-11-13-20(14-12-19)33-16-18-7-3-2-4-8-18)15-24(32)29-26(25)31(30-17)27-28-22-9-5-6-10-23(22)34-27/h2-14,21H,15-16H2,1H3,(H,29,32)/t21-/m0/s1. The van der Waals surface area contributed by atoms with Crippen LogP contribution in [0.1, 0.15) is 34.7 Å². The molecular weight excluding hydrogens is 444 g/mol. The maximum atomic E-state index is 12.7. The lowest BCUT2D eigenvalue weighted by molar-refractivity contribution is -0.116. The molecule has 6 rings (SSSR count). The highest BCUT2D eigenvalue weighted by atomic mass is 32.1. The summed E-state index contributed by atoms with van der Waals surface area (Å²) in [5.74, 6) is 1.41. The summed E-state index contributed by atoms with van der Waals surface area (Å²) < 4.78 is 8.80. The third-order valence-electron chi connectivity index (χ3n) is 6.10. The second-order valence-electron chi connectivity index (χ2n) is 8.37. The van der Waals surface area contributed by atoms with E-state index >= 15 is 0 Å². The number of benzene rings is 3. The highest BCUT2D eigenvalue weighted by molar-refractivity contribution is 7.20. The van der Waals surface area contributed by atoms with Gasteiger partial charge in [-0.15, -0.1) is 0 Å². The van der Waals surface area contributed by atoms with Crippen LogP contribution in [0.25, 0.3) is 15.3 Å². The Morgan fingerprint density at radius 2 is 1.79 bits per heavy atom. The Labute approximate surface area is 200 Å². The van der Waals surface area contributed by atoms with Gasteiger partial charge in [-0.25, -0.2) is 4.98 Å². The first-order chi connectivity index (χ1) is 16.7. The molecule has 0 saturated carbocycles. The zero-order valence-corrected chi connectivity index (χ0v) is 19.4. The maximum Gasteiger partial charge on any atom is 0.226 e. The van der Waals surface area contributed by atoms with E-state index in [1.807, 2.05) is 85.8 Å². The summed E-state index contributed by atoms with van der Waals surface area (Å²) in [6.45, 7) is 2.51. The fraction of sp³-hybridized carbons (Fsp3) is 0.148. The Morgan fingerprint density at radius 1 is 1.03 bits per heavy atom. The molecule has 0 bridgehead atoms. The Morgan fingerprint density at radius 3 is 2.59 bits per heavy atom. The van der Waals surface area contributed by atoms with E-state index in [9.17, 15) is 4.79 Å². The number of nitrogens with one attached hydrogen (secondary N) is 1. The van der Waals surface area contributed by atoms with Crippen molar-refractivity contribution in [2.24, 2.45) is 0 Å². The number of hydrogen-bond donors (Lipinski definition) is 1. The molecule has 0 unspecified atom stereocenters. The van der Waals surface area contributed by atoms with Crippen LogP contribution < -0.4 is 10.1 Å². The van der Waals surface area contributed by atoms with Gasteiger partial charge in [-0.1, -0.05) is 65.9 Å². The van der Waals surface area contributed by atoms with E-state index in [0.29, 0.717) is 18.8 Å². The van der Waals surface area contributed by atoms with Crippen molar-refractivity contribution >= 4 is 33.3 Å². The van der Waals surface area contributed by atoms with E-state index in [4.69, 9.17) is 14.8 Å². The van der Waals surface area contributed by atoms with Gasteiger partial charge in [0, 0.05) is 17.9 Å². The molecule has 0 fully saturated rings. The van der Waals surface area contributed by atoms with Crippen molar-refractivity contribution in [3.63, 3.8) is 0 Å². The number of aromatic nitrogens is 3. The summed E-state index contributed by atoms with van der Waals surface area (Å²) in [4.78, 5) is 17.4. The van der Waals surface area contributed by atoms with Crippen molar-refractivity contribution in [3.8, 4) is 10.9 Å². The van der Waals surface area contributed by atoms with Crippen LogP contribution in [-0.4, -0.2) is 20.7 Å². The Bertz CT molecular complexity index is 1460. The SMILES string of the molecule is Cc1nn(-c2nc3ccccc3s2)c2c1[C@H](c1ccc(OCc3ccccc3)cc1)CC(=O)N2. The quantitative estimate of drug-likeness (QED) is 0.353. The number of carbonyl (C=O) groups is 1. The topological polar surface area (TPSA) is 69.0 Å². The van der Waals surface area contributed by atoms with E-state index < -0.39 is 0 Å². The van der Waals surface area contributed by atoms with Crippen LogP contribution in [0.2, 0.25) is 0 Å². The van der Waals surface area contributed by atoms with Crippen molar-refractivity contribution in [1.29, 1.82) is 0 Å². The molecule has 168 valence electrons. The smallest absolute Gasteiger partial charge is 0.226 e. The predicted octanol–water partition coefficient (Wildman–Crippen LogP) is 5.84. The Kier molecular flexibility index (Phi) is 5.11. The van der Waals surface area contributed by atoms with Crippen LogP contribution in [0.3, 0.4) is 0 Å². The Hall–Kier alpha value is -3.97. The summed E-state index contributed by atoms with van der Waals surface area (Å²) >= 11 is 1.56. The first-order valence-electron chi connectivity index (χ1n) is 11.2. The summed E-state index contributed by atoms with van der Waals surface area (Å²) in [6.07, 6.45) is 0.379. The summed E-state index contributed by atoms with van der Waals surface area (Å²) in [7, 11) is 0. The van der Waals surface area contributed by atoms with Crippen LogP contribution in [0, 0.1) is 6.92 Å². The van der Waals surface area contributed by atoms with Gasteiger partial charge in [0.25, 0.3) is 0 Å². The summed E-state index contributed by atoms with van der Waals surface area (Å²) in [5.41, 5.74) is 5.04. The minimum Gasteiger partial charge on any atom is -0.489 e. The number of anilines is 1. The second kappa shape index (κ2) is 8.43. The molecule has 2 aromatic heterocycles. The minimum atomic E-state index is -0.0740. The number of rotatable bonds is 5. The monoisotopic (exact) mass is 466 g/mol. The molecule has 1 atom stereocenters. The number of nitrogens with zero attached hydrogens (tertiary/aromatic N) is 3. The van der Waals surface area contributed by atoms with Gasteiger partial charge < -0.3 is 10.1 Å². The molecule has 1 N–H and O–H groups in total. The fourth-order valence-electron chi connectivity index (χ4n) is 4.46. The number of para-hydroxylation sites is 1. The number of fused-ring (bicyclic) bond motifs is 2. The number of ether oxygens (including phenoxy) is 1. The highest BCUT2D eigenvalue weighted by Gasteiger charge is 2.33. The molecule has 34 heavy (non-hydrogen) atoms. The number of thiazole rings is 1. The summed E-state index contributed by atoms with van der Waals surface area (Å²) in [5, 5.41) is 8.57. The third kappa shape index (κ3) is 3.74. The van der Waals surface area contributed by atoms with Crippen molar-refractivity contribution in [2.75, 3.05) is 5.32 Å². The van der Waals surface area contributed by atoms with Gasteiger partial charge in [0.15, 0.2) is 0 Å². The number of amides is 1. The van der Waals surface area contributed by atoms with Gasteiger partial charge >= 0.3 is 0 Å². The first kappa shape index (κ1) is 20.6. The minimum absolute atomic E-state index is 0.0239. The van der Waals surface area contributed by atoms with E-state index in [1.165, 1.54) is 0 Å². The van der Waals surface area contributed by atoms with E-state index in [-0.39, 0.29) is 11.8 Å². The average Bonchev–Trinajstić information content (AvgIpc) is 3.44. The van der Waals surface area contributed by atoms with E-state index in [0.717, 1.165) is 43.5 Å². The molecule has 7 heteroatoms. The molecule has 0 saturated heterocycles. The van der Waals surface area contributed by atoms with Crippen molar-refractivity contribution in [2.45, 2.75) is 25.9 Å². The molecule has 3 aromatic carbocycles. The first-order valence-corrected chi connectivity index (χ1v) is 12.0. The largest absolute Gasteiger partial charge is 0.489 e. The Balaban J connectivity index is 1.31. The number of hydrogen-bond acceptors (Lipinski definition) is 5. The van der Waals surface area contributed by atoms with Gasteiger partial charge in [-0.05, 0) is 42.3 Å². The van der Waals surface area contributed by atoms with Crippen LogP contribution in [0.15, 0.2) is 78.9 Å². The van der Waals surface area contributed by atoms with Crippen molar-refractivity contribution < 1.29 is 9.53 Å². The van der Waals surface area contributed by atoms with Gasteiger partial charge in [-0.2, -0.15) is 9.78 Å². The van der Waals surface area contributed by atoms with Crippen LogP contribution in [0.5, 0.6) is 5.75 Å². The molecule has 0 radical (unpaired) electrons. The van der Waals surface area contributed by atoms with Gasteiger partial charge in [0.1, 0.15) is 18.2 Å². The second-order valence-corrected chi connectivity index (χ2v) is 9.38. The molecule has 0 aliphatic carbocycles. The van der Waals surface area contributed by atoms with Crippen LogP contribution in [-0.2, 0) is 11.4 Å². The molecule has 6 nitrogen and oxygen atoms in total. The summed E-state index contributed by atoms with van der Waals surface area (Å²) in [6, 6.07) is 26.1. The maximum absolute atomic E-state index is 12.7. The highest BCUT2D eigenvalue weighted by Crippen LogP contribution is 2.41. The number of aryl methyl sites for hydroxylation is 1. The zero-order valence-electron chi connectivity index (χ0n) is 18.6. The zero-order chi connectivity index (χ0) is 23.1. The predicted molar refractivity (Wildman–Crippen MR) is 134 cm³/mol. The normalized spacial score (nSPS) is 15.2. The lowest BCUT2D eigenvalue weighted by Gasteiger charge is -2.24. The number of carbonyl (C=O) groups excluding carboxylic acids is 1. The van der Waals surface area contributed by atoms with E-state index in [2.05, 4.69) is 5.32 Å². The molecule has 1 aliphatic heterocycles. The average molecular weight is 467 g/mol. The molecule has 5 aromatic rings. The van der Waals surface area contributed by atoms with Crippen LogP contribution >= 0.6 is 11.3 Å². The molecule has 0 spiro atoms. The lowest BCUT2D eigenvalue weighted by atomic mass is 9.86. The van der Waals surface area contributed by atoms with Crippen molar-refractivity contribution in [1.82, 2.24) is 14.8 Å². The molecule has 3 heterocycles. The van der Waals surface area contributed by atoms with Crippen molar-refractivity contribution in [3.05, 3.63) is 101 Å². The molecule has 1 amide bonds.